The van der Waals surface area contributed by atoms with Crippen LogP contribution < -0.4 is 0 Å². The lowest BCUT2D eigenvalue weighted by molar-refractivity contribution is 0.350. The highest BCUT2D eigenvalue weighted by Gasteiger charge is 2.37. The Morgan fingerprint density at radius 1 is 1.50 bits per heavy atom. The predicted molar refractivity (Wildman–Crippen MR) is 46.7 cm³/mol. The zero-order chi connectivity index (χ0) is 7.61. The first kappa shape index (κ1) is 8.28. The van der Waals surface area contributed by atoms with Crippen molar-refractivity contribution < 1.29 is 4.43 Å². The molecule has 0 aromatic heterocycles. The number of rotatable bonds is 2. The van der Waals surface area contributed by atoms with Crippen LogP contribution in [0.5, 0.6) is 0 Å². The molecule has 2 heteroatoms. The lowest BCUT2D eigenvalue weighted by Crippen LogP contribution is -2.29. The molecule has 1 aliphatic rings. The molecule has 1 saturated heterocycles. The maximum Gasteiger partial charge on any atom is 0.189 e. The Bertz CT molecular complexity index is 112. The Balaban J connectivity index is 2.43. The molecular formula is C8H18OSi. The molecule has 0 spiro atoms. The maximum atomic E-state index is 5.74. The maximum absolute atomic E-state index is 5.74. The molecule has 1 fully saturated rings. The molecule has 0 bridgehead atoms. The third kappa shape index (κ3) is 1.61. The van der Waals surface area contributed by atoms with Crippen molar-refractivity contribution in [2.45, 2.75) is 44.8 Å². The highest BCUT2D eigenvalue weighted by atomic mass is 28.4. The smallest absolute Gasteiger partial charge is 0.189 e. The Hall–Kier alpha value is 0.177. The van der Waals surface area contributed by atoms with Crippen molar-refractivity contribution in [2.75, 3.05) is 6.61 Å². The van der Waals surface area contributed by atoms with Crippen molar-refractivity contribution in [3.63, 3.8) is 0 Å². The van der Waals surface area contributed by atoms with E-state index in [4.69, 9.17) is 4.43 Å². The van der Waals surface area contributed by atoms with Crippen molar-refractivity contribution >= 4 is 8.32 Å². The minimum absolute atomic E-state index is 0.942. The van der Waals surface area contributed by atoms with Crippen LogP contribution in [0.1, 0.15) is 26.2 Å². The Kier molecular flexibility index (Phi) is 2.53. The summed E-state index contributed by atoms with van der Waals surface area (Å²) in [5.74, 6) is 0. The van der Waals surface area contributed by atoms with Crippen LogP contribution in [0.15, 0.2) is 0 Å². The first-order valence-corrected chi connectivity index (χ1v) is 7.29. The first-order chi connectivity index (χ1) is 4.67. The molecule has 1 heterocycles. The molecule has 1 aliphatic heterocycles. The highest BCUT2D eigenvalue weighted by molar-refractivity contribution is 6.73. The van der Waals surface area contributed by atoms with E-state index < -0.39 is 8.32 Å². The van der Waals surface area contributed by atoms with Gasteiger partial charge < -0.3 is 4.43 Å². The van der Waals surface area contributed by atoms with Gasteiger partial charge in [0.15, 0.2) is 8.32 Å². The van der Waals surface area contributed by atoms with Gasteiger partial charge in [0.25, 0.3) is 0 Å². The van der Waals surface area contributed by atoms with E-state index in [1.807, 2.05) is 0 Å². The number of hydrogen-bond donors (Lipinski definition) is 0. The quantitative estimate of drug-likeness (QED) is 0.561. The lowest BCUT2D eigenvalue weighted by Gasteiger charge is -2.21. The van der Waals surface area contributed by atoms with Gasteiger partial charge in [-0.2, -0.15) is 0 Å². The van der Waals surface area contributed by atoms with Gasteiger partial charge in [-0.25, -0.2) is 0 Å². The van der Waals surface area contributed by atoms with E-state index in [0.29, 0.717) is 0 Å². The van der Waals surface area contributed by atoms with Gasteiger partial charge in [-0.05, 0) is 25.1 Å². The van der Waals surface area contributed by atoms with Crippen LogP contribution in [0.25, 0.3) is 0 Å². The molecule has 1 unspecified atom stereocenters. The Labute approximate surface area is 64.9 Å². The second-order valence-electron chi connectivity index (χ2n) is 3.73. The molecule has 0 aliphatic carbocycles. The summed E-state index contributed by atoms with van der Waals surface area (Å²) in [4.78, 5) is 0. The summed E-state index contributed by atoms with van der Waals surface area (Å²) >= 11 is 0. The van der Waals surface area contributed by atoms with Crippen LogP contribution in [0.3, 0.4) is 0 Å². The van der Waals surface area contributed by atoms with Crippen LogP contribution in [-0.2, 0) is 4.43 Å². The molecule has 60 valence electrons. The fourth-order valence-corrected chi connectivity index (χ4v) is 4.45. The topological polar surface area (TPSA) is 9.23 Å². The molecular weight excluding hydrogens is 140 g/mol. The van der Waals surface area contributed by atoms with Crippen LogP contribution in [0.4, 0.5) is 0 Å². The normalized spacial score (nSPS) is 30.9. The summed E-state index contributed by atoms with van der Waals surface area (Å²) in [7, 11) is -1.19. The molecule has 0 aromatic carbocycles. The minimum atomic E-state index is -1.19. The van der Waals surface area contributed by atoms with E-state index in [-0.39, 0.29) is 0 Å². The molecule has 0 N–H and O–H groups in total. The second kappa shape index (κ2) is 3.05. The van der Waals surface area contributed by atoms with Crippen molar-refractivity contribution in [1.29, 1.82) is 0 Å². The van der Waals surface area contributed by atoms with Crippen molar-refractivity contribution in [3.05, 3.63) is 0 Å². The number of hydrogen-bond acceptors (Lipinski definition) is 1. The molecule has 0 aromatic rings. The standard InChI is InChI=1S/C8H18OSi/c1-4-5-8-6-7-9-10(8,2)3/h8H,4-7H2,1-3H3. The van der Waals surface area contributed by atoms with Crippen molar-refractivity contribution in [1.82, 2.24) is 0 Å². The van der Waals surface area contributed by atoms with Gasteiger partial charge in [0.1, 0.15) is 0 Å². The second-order valence-corrected chi connectivity index (χ2v) is 8.04. The van der Waals surface area contributed by atoms with Gasteiger partial charge in [0.05, 0.1) is 0 Å². The highest BCUT2D eigenvalue weighted by Crippen LogP contribution is 2.36. The van der Waals surface area contributed by atoms with Gasteiger partial charge in [0.2, 0.25) is 0 Å². The SMILES string of the molecule is CCCC1CCO[Si]1(C)C. The molecule has 1 rings (SSSR count). The fraction of sp³-hybridized carbons (Fsp3) is 1.00. The lowest BCUT2D eigenvalue weighted by atomic mass is 10.2. The fourth-order valence-electron chi connectivity index (χ4n) is 1.77. The Morgan fingerprint density at radius 3 is 2.60 bits per heavy atom. The van der Waals surface area contributed by atoms with Gasteiger partial charge in [-0.15, -0.1) is 0 Å². The van der Waals surface area contributed by atoms with Crippen LogP contribution >= 0.6 is 0 Å². The average molecular weight is 158 g/mol. The van der Waals surface area contributed by atoms with Crippen LogP contribution in [-0.4, -0.2) is 14.9 Å². The Morgan fingerprint density at radius 2 is 2.20 bits per heavy atom. The third-order valence-corrected chi connectivity index (χ3v) is 6.05. The zero-order valence-corrected chi connectivity index (χ0v) is 8.31. The molecule has 1 atom stereocenters. The zero-order valence-electron chi connectivity index (χ0n) is 7.31. The van der Waals surface area contributed by atoms with Crippen LogP contribution in [0, 0.1) is 0 Å². The third-order valence-electron chi connectivity index (χ3n) is 2.56. The van der Waals surface area contributed by atoms with Gasteiger partial charge in [0, 0.05) is 6.61 Å². The predicted octanol–water partition coefficient (Wildman–Crippen LogP) is 2.78. The summed E-state index contributed by atoms with van der Waals surface area (Å²) in [5.41, 5.74) is 0.942. The molecule has 0 amide bonds. The van der Waals surface area contributed by atoms with E-state index >= 15 is 0 Å². The summed E-state index contributed by atoms with van der Waals surface area (Å²) in [6.07, 6.45) is 4.04. The van der Waals surface area contributed by atoms with Crippen LogP contribution in [0.2, 0.25) is 18.6 Å². The van der Waals surface area contributed by atoms with E-state index in [9.17, 15) is 0 Å². The summed E-state index contributed by atoms with van der Waals surface area (Å²) in [6.45, 7) is 7.99. The van der Waals surface area contributed by atoms with Crippen molar-refractivity contribution in [3.8, 4) is 0 Å². The van der Waals surface area contributed by atoms with Gasteiger partial charge in [-0.3, -0.25) is 0 Å². The van der Waals surface area contributed by atoms with Crippen molar-refractivity contribution in [2.24, 2.45) is 0 Å². The largest absolute Gasteiger partial charge is 0.417 e. The van der Waals surface area contributed by atoms with E-state index in [0.717, 1.165) is 12.1 Å². The van der Waals surface area contributed by atoms with Gasteiger partial charge in [-0.1, -0.05) is 19.8 Å². The molecule has 0 saturated carbocycles. The summed E-state index contributed by atoms with van der Waals surface area (Å²) < 4.78 is 5.74. The van der Waals surface area contributed by atoms with Gasteiger partial charge >= 0.3 is 0 Å². The van der Waals surface area contributed by atoms with E-state index in [2.05, 4.69) is 20.0 Å². The summed E-state index contributed by atoms with van der Waals surface area (Å²) in [5, 5.41) is 0. The monoisotopic (exact) mass is 158 g/mol. The summed E-state index contributed by atoms with van der Waals surface area (Å²) in [6, 6.07) is 0. The van der Waals surface area contributed by atoms with E-state index in [1.165, 1.54) is 19.3 Å². The minimum Gasteiger partial charge on any atom is -0.417 e. The average Bonchev–Trinajstić information content (AvgIpc) is 2.13. The molecule has 1 nitrogen and oxygen atoms in total. The van der Waals surface area contributed by atoms with E-state index in [1.54, 1.807) is 0 Å². The molecule has 0 radical (unpaired) electrons. The molecule has 10 heavy (non-hydrogen) atoms. The first-order valence-electron chi connectivity index (χ1n) is 4.31.